The third kappa shape index (κ3) is 3.28. The predicted molar refractivity (Wildman–Crippen MR) is 51.7 cm³/mol. The van der Waals surface area contributed by atoms with Crippen LogP contribution in [0.15, 0.2) is 5.16 Å². The van der Waals surface area contributed by atoms with Gasteiger partial charge in [-0.15, -0.1) is 5.10 Å². The molecule has 0 aromatic carbocycles. The van der Waals surface area contributed by atoms with Gasteiger partial charge in [-0.1, -0.05) is 11.8 Å². The maximum Gasteiger partial charge on any atom is 0.209 e. The van der Waals surface area contributed by atoms with Crippen molar-refractivity contribution in [1.82, 2.24) is 15.2 Å². The van der Waals surface area contributed by atoms with Crippen LogP contribution < -0.4 is 0 Å². The first-order valence-electron chi connectivity index (χ1n) is 4.15. The molecule has 0 bridgehead atoms. The Labute approximate surface area is 81.8 Å². The highest BCUT2D eigenvalue weighted by Crippen LogP contribution is 2.13. The van der Waals surface area contributed by atoms with E-state index in [1.165, 1.54) is 11.8 Å². The summed E-state index contributed by atoms with van der Waals surface area (Å²) in [6.07, 6.45) is 0.765. The van der Waals surface area contributed by atoms with Crippen LogP contribution in [0.4, 0.5) is 0 Å². The highest BCUT2D eigenvalue weighted by molar-refractivity contribution is 7.99. The summed E-state index contributed by atoms with van der Waals surface area (Å²) in [6.45, 7) is 4.02. The lowest BCUT2D eigenvalue weighted by atomic mass is 10.4. The monoisotopic (exact) mass is 199 g/mol. The van der Waals surface area contributed by atoms with E-state index in [0.717, 1.165) is 23.6 Å². The molecule has 4 nitrogen and oxygen atoms in total. The van der Waals surface area contributed by atoms with Crippen molar-refractivity contribution >= 4 is 11.8 Å². The lowest BCUT2D eigenvalue weighted by molar-refractivity contribution is 0.296. The van der Waals surface area contributed by atoms with Crippen LogP contribution in [-0.2, 0) is 0 Å². The molecular formula is C8H13N3OS. The minimum absolute atomic E-state index is 0.214. The van der Waals surface area contributed by atoms with Crippen molar-refractivity contribution in [2.45, 2.75) is 25.4 Å². The van der Waals surface area contributed by atoms with Gasteiger partial charge >= 0.3 is 0 Å². The van der Waals surface area contributed by atoms with Crippen molar-refractivity contribution in [2.75, 3.05) is 12.4 Å². The quantitative estimate of drug-likeness (QED) is 0.578. The first-order valence-corrected chi connectivity index (χ1v) is 5.14. The van der Waals surface area contributed by atoms with Crippen LogP contribution in [0.25, 0.3) is 0 Å². The van der Waals surface area contributed by atoms with Gasteiger partial charge in [-0.05, 0) is 20.3 Å². The zero-order chi connectivity index (χ0) is 9.68. The molecule has 0 aliphatic rings. The lowest BCUT2D eigenvalue weighted by Crippen LogP contribution is -1.98. The van der Waals surface area contributed by atoms with E-state index in [1.54, 1.807) is 0 Å². The second kappa shape index (κ2) is 5.14. The molecule has 5 heteroatoms. The van der Waals surface area contributed by atoms with E-state index in [4.69, 9.17) is 5.11 Å². The topological polar surface area (TPSA) is 58.9 Å². The summed E-state index contributed by atoms with van der Waals surface area (Å²) in [6, 6.07) is 0. The minimum atomic E-state index is 0.214. The highest BCUT2D eigenvalue weighted by atomic mass is 32.2. The van der Waals surface area contributed by atoms with Crippen molar-refractivity contribution < 1.29 is 5.11 Å². The van der Waals surface area contributed by atoms with E-state index >= 15 is 0 Å². The van der Waals surface area contributed by atoms with E-state index in [2.05, 4.69) is 15.2 Å². The third-order valence-corrected chi connectivity index (χ3v) is 2.53. The number of hydrogen-bond donors (Lipinski definition) is 1. The van der Waals surface area contributed by atoms with Gasteiger partial charge in [0, 0.05) is 12.4 Å². The van der Waals surface area contributed by atoms with Crippen LogP contribution in [-0.4, -0.2) is 32.6 Å². The number of aromatic nitrogens is 3. The highest BCUT2D eigenvalue weighted by Gasteiger charge is 2.01. The summed E-state index contributed by atoms with van der Waals surface area (Å²) in [5, 5.41) is 17.2. The van der Waals surface area contributed by atoms with Gasteiger partial charge in [0.1, 0.15) is 0 Å². The molecule has 1 heterocycles. The lowest BCUT2D eigenvalue weighted by Gasteiger charge is -2.00. The number of hydrogen-bond acceptors (Lipinski definition) is 5. The van der Waals surface area contributed by atoms with Gasteiger partial charge in [-0.3, -0.25) is 0 Å². The predicted octanol–water partition coefficient (Wildman–Crippen LogP) is 0.963. The third-order valence-electron chi connectivity index (χ3n) is 1.61. The van der Waals surface area contributed by atoms with E-state index in [9.17, 15) is 0 Å². The summed E-state index contributed by atoms with van der Waals surface area (Å²) in [4.78, 5) is 4.25. The number of thioether (sulfide) groups is 1. The molecule has 1 N–H and O–H groups in total. The molecule has 1 aromatic rings. The van der Waals surface area contributed by atoms with Gasteiger partial charge in [0.2, 0.25) is 5.16 Å². The van der Waals surface area contributed by atoms with Crippen molar-refractivity contribution in [3.05, 3.63) is 11.4 Å². The summed E-state index contributed by atoms with van der Waals surface area (Å²) < 4.78 is 0. The number of aryl methyl sites for hydroxylation is 2. The van der Waals surface area contributed by atoms with Crippen LogP contribution in [0.5, 0.6) is 0 Å². The van der Waals surface area contributed by atoms with Gasteiger partial charge in [0.05, 0.1) is 11.4 Å². The number of nitrogens with zero attached hydrogens (tertiary/aromatic N) is 3. The Balaban J connectivity index is 2.53. The molecule has 72 valence electrons. The van der Waals surface area contributed by atoms with Gasteiger partial charge in [-0.25, -0.2) is 4.98 Å². The molecule has 1 aromatic heterocycles. The van der Waals surface area contributed by atoms with Crippen molar-refractivity contribution in [2.24, 2.45) is 0 Å². The SMILES string of the molecule is Cc1nnc(SCCCO)nc1C. The van der Waals surface area contributed by atoms with E-state index in [0.29, 0.717) is 5.16 Å². The average Bonchev–Trinajstić information content (AvgIpc) is 2.12. The molecule has 13 heavy (non-hydrogen) atoms. The number of aliphatic hydroxyl groups excluding tert-OH is 1. The molecule has 0 aliphatic carbocycles. The second-order valence-corrected chi connectivity index (χ2v) is 3.75. The molecule has 0 saturated carbocycles. The second-order valence-electron chi connectivity index (χ2n) is 2.69. The Kier molecular flexibility index (Phi) is 4.11. The molecule has 0 aliphatic heterocycles. The maximum atomic E-state index is 8.57. The van der Waals surface area contributed by atoms with E-state index in [1.807, 2.05) is 13.8 Å². The summed E-state index contributed by atoms with van der Waals surface area (Å²) in [5.41, 5.74) is 1.79. The summed E-state index contributed by atoms with van der Waals surface area (Å²) in [7, 11) is 0. The smallest absolute Gasteiger partial charge is 0.209 e. The Morgan fingerprint density at radius 3 is 2.62 bits per heavy atom. The Hall–Kier alpha value is -0.680. The standard InChI is InChI=1S/C8H13N3OS/c1-6-7(2)10-11-8(9-6)13-5-3-4-12/h12H,3-5H2,1-2H3. The fourth-order valence-electron chi connectivity index (χ4n) is 0.726. The normalized spacial score (nSPS) is 10.4. The molecule has 0 unspecified atom stereocenters. The van der Waals surface area contributed by atoms with Crippen molar-refractivity contribution in [1.29, 1.82) is 0 Å². The van der Waals surface area contributed by atoms with Crippen molar-refractivity contribution in [3.63, 3.8) is 0 Å². The maximum absolute atomic E-state index is 8.57. The van der Waals surface area contributed by atoms with Crippen LogP contribution in [0.1, 0.15) is 17.8 Å². The zero-order valence-electron chi connectivity index (χ0n) is 7.82. The molecule has 0 radical (unpaired) electrons. The van der Waals surface area contributed by atoms with Crippen LogP contribution in [0.3, 0.4) is 0 Å². The zero-order valence-corrected chi connectivity index (χ0v) is 8.63. The van der Waals surface area contributed by atoms with Crippen LogP contribution in [0.2, 0.25) is 0 Å². The van der Waals surface area contributed by atoms with Crippen LogP contribution >= 0.6 is 11.8 Å². The Morgan fingerprint density at radius 1 is 1.23 bits per heavy atom. The van der Waals surface area contributed by atoms with E-state index < -0.39 is 0 Å². The van der Waals surface area contributed by atoms with Gasteiger partial charge in [0.25, 0.3) is 0 Å². The molecule has 0 amide bonds. The first-order chi connectivity index (χ1) is 6.24. The summed E-state index contributed by atoms with van der Waals surface area (Å²) in [5.74, 6) is 0.834. The van der Waals surface area contributed by atoms with Gasteiger partial charge in [0.15, 0.2) is 0 Å². The molecule has 0 fully saturated rings. The minimum Gasteiger partial charge on any atom is -0.396 e. The number of rotatable bonds is 4. The Bertz CT molecular complexity index is 280. The fourth-order valence-corrected chi connectivity index (χ4v) is 1.48. The summed E-state index contributed by atoms with van der Waals surface area (Å²) >= 11 is 1.52. The Morgan fingerprint density at radius 2 is 2.00 bits per heavy atom. The average molecular weight is 199 g/mol. The largest absolute Gasteiger partial charge is 0.396 e. The van der Waals surface area contributed by atoms with Gasteiger partial charge < -0.3 is 5.11 Å². The fraction of sp³-hybridized carbons (Fsp3) is 0.625. The molecule has 0 spiro atoms. The van der Waals surface area contributed by atoms with Crippen molar-refractivity contribution in [3.8, 4) is 0 Å². The number of aliphatic hydroxyl groups is 1. The first kappa shape index (κ1) is 10.4. The molecule has 0 saturated heterocycles. The van der Waals surface area contributed by atoms with Gasteiger partial charge in [-0.2, -0.15) is 5.10 Å². The van der Waals surface area contributed by atoms with E-state index in [-0.39, 0.29) is 6.61 Å². The molecular weight excluding hydrogens is 186 g/mol. The molecule has 0 atom stereocenters. The van der Waals surface area contributed by atoms with Crippen LogP contribution in [0, 0.1) is 13.8 Å². The molecule has 1 rings (SSSR count).